The highest BCUT2D eigenvalue weighted by Gasteiger charge is 2.21. The van der Waals surface area contributed by atoms with Gasteiger partial charge >= 0.3 is 0 Å². The molecule has 7 heteroatoms. The Morgan fingerprint density at radius 3 is 2.55 bits per heavy atom. The monoisotopic (exact) mass is 410 g/mol. The van der Waals surface area contributed by atoms with Gasteiger partial charge in [-0.15, -0.1) is 10.2 Å². The van der Waals surface area contributed by atoms with Crippen LogP contribution in [0.1, 0.15) is 25.0 Å². The number of hydrogen-bond acceptors (Lipinski definition) is 5. The molecule has 1 N–H and O–H groups in total. The Kier molecular flexibility index (Phi) is 6.59. The minimum Gasteiger partial charge on any atom is -0.497 e. The van der Waals surface area contributed by atoms with Crippen LogP contribution in [-0.2, 0) is 11.3 Å². The van der Waals surface area contributed by atoms with Crippen LogP contribution in [-0.4, -0.2) is 33.0 Å². The van der Waals surface area contributed by atoms with Crippen molar-refractivity contribution in [3.8, 4) is 17.1 Å². The van der Waals surface area contributed by atoms with Gasteiger partial charge in [-0.2, -0.15) is 0 Å². The van der Waals surface area contributed by atoms with Gasteiger partial charge in [-0.25, -0.2) is 0 Å². The number of carbonyl (C=O) groups excluding carboxylic acids is 1. The van der Waals surface area contributed by atoms with E-state index in [0.717, 1.165) is 39.1 Å². The summed E-state index contributed by atoms with van der Waals surface area (Å²) in [5, 5.41) is 12.1. The Balaban J connectivity index is 1.76. The molecule has 0 bridgehead atoms. The van der Waals surface area contributed by atoms with Crippen molar-refractivity contribution in [1.82, 2.24) is 14.8 Å². The average molecular weight is 411 g/mol. The summed E-state index contributed by atoms with van der Waals surface area (Å²) in [5.74, 6) is 1.52. The van der Waals surface area contributed by atoms with Crippen LogP contribution in [0.5, 0.6) is 5.75 Å². The van der Waals surface area contributed by atoms with Crippen LogP contribution in [0.15, 0.2) is 47.6 Å². The fourth-order valence-electron chi connectivity index (χ4n) is 2.93. The summed E-state index contributed by atoms with van der Waals surface area (Å²) in [7, 11) is 1.64. The molecule has 0 fully saturated rings. The van der Waals surface area contributed by atoms with Gasteiger partial charge in [0, 0.05) is 17.8 Å². The molecule has 3 rings (SSSR count). The molecule has 0 aliphatic carbocycles. The molecule has 0 aliphatic rings. The van der Waals surface area contributed by atoms with E-state index < -0.39 is 0 Å². The fraction of sp³-hybridized carbons (Fsp3) is 0.318. The Bertz CT molecular complexity index is 999. The van der Waals surface area contributed by atoms with E-state index in [9.17, 15) is 4.79 Å². The molecule has 0 spiro atoms. The van der Waals surface area contributed by atoms with E-state index >= 15 is 0 Å². The third kappa shape index (κ3) is 4.79. The summed E-state index contributed by atoms with van der Waals surface area (Å²) in [6, 6.07) is 13.8. The quantitative estimate of drug-likeness (QED) is 0.571. The van der Waals surface area contributed by atoms with Gasteiger partial charge in [0.25, 0.3) is 0 Å². The number of ether oxygens (including phenoxy) is 1. The third-order valence-corrected chi connectivity index (χ3v) is 5.76. The van der Waals surface area contributed by atoms with Crippen LogP contribution in [0.2, 0.25) is 0 Å². The molecule has 1 aromatic heterocycles. The number of nitrogens with zero attached hydrogens (tertiary/aromatic N) is 3. The Morgan fingerprint density at radius 1 is 1.17 bits per heavy atom. The maximum Gasteiger partial charge on any atom is 0.237 e. The summed E-state index contributed by atoms with van der Waals surface area (Å²) < 4.78 is 7.24. The molecule has 1 atom stereocenters. The summed E-state index contributed by atoms with van der Waals surface area (Å²) >= 11 is 1.41. The van der Waals surface area contributed by atoms with E-state index in [4.69, 9.17) is 4.74 Å². The minimum atomic E-state index is -0.312. The van der Waals surface area contributed by atoms with Crippen molar-refractivity contribution in [2.45, 2.75) is 44.6 Å². The molecule has 29 heavy (non-hydrogen) atoms. The summed E-state index contributed by atoms with van der Waals surface area (Å²) in [6.07, 6.45) is 0. The number of carbonyl (C=O) groups is 1. The molecular weight excluding hydrogens is 384 g/mol. The SMILES string of the molecule is CCn1c(S[C@@H](C)C(=O)Nc2cc(C)ccc2C)nnc1-c1ccc(OC)cc1. The van der Waals surface area contributed by atoms with Crippen molar-refractivity contribution in [1.29, 1.82) is 0 Å². The number of anilines is 1. The summed E-state index contributed by atoms with van der Waals surface area (Å²) in [4.78, 5) is 12.7. The standard InChI is InChI=1S/C22H26N4O2S/c1-6-26-20(17-9-11-18(28-5)12-10-17)24-25-22(26)29-16(4)21(27)23-19-13-14(2)7-8-15(19)3/h7-13,16H,6H2,1-5H3,(H,23,27)/t16-/m0/s1. The van der Waals surface area contributed by atoms with Gasteiger partial charge < -0.3 is 14.6 Å². The topological polar surface area (TPSA) is 69.0 Å². The zero-order valence-electron chi connectivity index (χ0n) is 17.4. The predicted molar refractivity (Wildman–Crippen MR) is 118 cm³/mol. The van der Waals surface area contributed by atoms with Crippen molar-refractivity contribution in [2.24, 2.45) is 0 Å². The van der Waals surface area contributed by atoms with Gasteiger partial charge in [0.1, 0.15) is 5.75 Å². The molecule has 6 nitrogen and oxygen atoms in total. The molecule has 3 aromatic rings. The van der Waals surface area contributed by atoms with E-state index in [0.29, 0.717) is 6.54 Å². The zero-order valence-corrected chi connectivity index (χ0v) is 18.2. The lowest BCUT2D eigenvalue weighted by molar-refractivity contribution is -0.115. The first-order chi connectivity index (χ1) is 13.9. The molecule has 1 heterocycles. The number of thioether (sulfide) groups is 1. The van der Waals surface area contributed by atoms with E-state index in [1.54, 1.807) is 7.11 Å². The summed E-state index contributed by atoms with van der Waals surface area (Å²) in [5.41, 5.74) is 3.96. The van der Waals surface area contributed by atoms with Gasteiger partial charge in [-0.1, -0.05) is 23.9 Å². The number of nitrogens with one attached hydrogen (secondary N) is 1. The maximum atomic E-state index is 12.7. The number of benzene rings is 2. The Morgan fingerprint density at radius 2 is 1.90 bits per heavy atom. The average Bonchev–Trinajstić information content (AvgIpc) is 3.13. The number of aryl methyl sites for hydroxylation is 2. The van der Waals surface area contributed by atoms with Crippen molar-refractivity contribution < 1.29 is 9.53 Å². The van der Waals surface area contributed by atoms with E-state index in [2.05, 4.69) is 15.5 Å². The minimum absolute atomic E-state index is 0.0552. The van der Waals surface area contributed by atoms with Crippen molar-refractivity contribution in [3.05, 3.63) is 53.6 Å². The first-order valence-electron chi connectivity index (χ1n) is 9.55. The second kappa shape index (κ2) is 9.13. The lowest BCUT2D eigenvalue weighted by Crippen LogP contribution is -2.23. The number of hydrogen-bond donors (Lipinski definition) is 1. The van der Waals surface area contributed by atoms with Crippen LogP contribution < -0.4 is 10.1 Å². The molecular formula is C22H26N4O2S. The number of amides is 1. The number of rotatable bonds is 7. The molecule has 0 unspecified atom stereocenters. The predicted octanol–water partition coefficient (Wildman–Crippen LogP) is 4.71. The molecule has 0 saturated heterocycles. The molecule has 0 radical (unpaired) electrons. The van der Waals surface area contributed by atoms with Crippen molar-refractivity contribution >= 4 is 23.4 Å². The van der Waals surface area contributed by atoms with E-state index in [-0.39, 0.29) is 11.2 Å². The van der Waals surface area contributed by atoms with Gasteiger partial charge in [-0.3, -0.25) is 4.79 Å². The van der Waals surface area contributed by atoms with Crippen LogP contribution in [0.25, 0.3) is 11.4 Å². The van der Waals surface area contributed by atoms with Crippen LogP contribution >= 0.6 is 11.8 Å². The highest BCUT2D eigenvalue weighted by atomic mass is 32.2. The third-order valence-electron chi connectivity index (χ3n) is 4.68. The van der Waals surface area contributed by atoms with Crippen LogP contribution in [0, 0.1) is 13.8 Å². The molecule has 1 amide bonds. The van der Waals surface area contributed by atoms with Gasteiger partial charge in [-0.05, 0) is 69.2 Å². The molecule has 2 aromatic carbocycles. The molecule has 0 saturated carbocycles. The maximum absolute atomic E-state index is 12.7. The van der Waals surface area contributed by atoms with Gasteiger partial charge in [0.15, 0.2) is 11.0 Å². The second-order valence-electron chi connectivity index (χ2n) is 6.85. The first-order valence-corrected chi connectivity index (χ1v) is 10.4. The van der Waals surface area contributed by atoms with Crippen LogP contribution in [0.4, 0.5) is 5.69 Å². The Hall–Kier alpha value is -2.80. The fourth-order valence-corrected chi connectivity index (χ4v) is 3.84. The highest BCUT2D eigenvalue weighted by Crippen LogP contribution is 2.28. The van der Waals surface area contributed by atoms with Crippen LogP contribution in [0.3, 0.4) is 0 Å². The van der Waals surface area contributed by atoms with Gasteiger partial charge in [0.05, 0.1) is 12.4 Å². The van der Waals surface area contributed by atoms with E-state index in [1.165, 1.54) is 11.8 Å². The largest absolute Gasteiger partial charge is 0.497 e. The zero-order chi connectivity index (χ0) is 21.0. The number of aromatic nitrogens is 3. The summed E-state index contributed by atoms with van der Waals surface area (Å²) in [6.45, 7) is 8.63. The molecule has 0 aliphatic heterocycles. The first kappa shape index (κ1) is 20.9. The smallest absolute Gasteiger partial charge is 0.237 e. The van der Waals surface area contributed by atoms with Crippen molar-refractivity contribution in [2.75, 3.05) is 12.4 Å². The van der Waals surface area contributed by atoms with Gasteiger partial charge in [0.2, 0.25) is 5.91 Å². The second-order valence-corrected chi connectivity index (χ2v) is 8.15. The number of methoxy groups -OCH3 is 1. The normalized spacial score (nSPS) is 11.9. The van der Waals surface area contributed by atoms with E-state index in [1.807, 2.05) is 74.7 Å². The molecule has 152 valence electrons. The lowest BCUT2D eigenvalue weighted by Gasteiger charge is -2.14. The highest BCUT2D eigenvalue weighted by molar-refractivity contribution is 8.00. The van der Waals surface area contributed by atoms with Crippen molar-refractivity contribution in [3.63, 3.8) is 0 Å². The Labute approximate surface area is 175 Å². The lowest BCUT2D eigenvalue weighted by atomic mass is 10.1.